The molecule has 3 aromatic rings. The standard InChI is InChI=1S/C24H28N4O2/c1-18-5-7-19(8-6-18)16-23(30)28-13-3-2-4-22(28)24-21(17-27(26-24)14-15-29)20-9-11-25-12-10-20/h5-12,17,22,29H,2-4,13-16H2,1H3/t22-/m0/s1. The van der Waals surface area contributed by atoms with Crippen LogP contribution in [-0.4, -0.2) is 43.8 Å². The third kappa shape index (κ3) is 4.44. The van der Waals surface area contributed by atoms with Gasteiger partial charge in [0.15, 0.2) is 0 Å². The van der Waals surface area contributed by atoms with Gasteiger partial charge in [0.05, 0.1) is 31.3 Å². The summed E-state index contributed by atoms with van der Waals surface area (Å²) in [5, 5.41) is 14.2. The highest BCUT2D eigenvalue weighted by atomic mass is 16.3. The number of aliphatic hydroxyl groups excluding tert-OH is 1. The van der Waals surface area contributed by atoms with Gasteiger partial charge in [-0.1, -0.05) is 29.8 Å². The van der Waals surface area contributed by atoms with Gasteiger partial charge in [0.2, 0.25) is 5.91 Å². The molecule has 1 aliphatic rings. The second kappa shape index (κ2) is 9.22. The highest BCUT2D eigenvalue weighted by Gasteiger charge is 2.32. The third-order valence-corrected chi connectivity index (χ3v) is 5.73. The minimum absolute atomic E-state index is 0.0254. The van der Waals surface area contributed by atoms with Crippen LogP contribution in [0.4, 0.5) is 0 Å². The molecule has 6 nitrogen and oxygen atoms in total. The molecule has 156 valence electrons. The highest BCUT2D eigenvalue weighted by Crippen LogP contribution is 2.36. The number of carbonyl (C=O) groups is 1. The zero-order valence-corrected chi connectivity index (χ0v) is 17.4. The van der Waals surface area contributed by atoms with Crippen LogP contribution in [0.3, 0.4) is 0 Å². The van der Waals surface area contributed by atoms with Crippen molar-refractivity contribution in [3.8, 4) is 11.1 Å². The van der Waals surface area contributed by atoms with Gasteiger partial charge in [-0.05, 0) is 49.4 Å². The van der Waals surface area contributed by atoms with Crippen LogP contribution in [0.5, 0.6) is 0 Å². The maximum Gasteiger partial charge on any atom is 0.227 e. The molecule has 1 aromatic carbocycles. The molecule has 0 saturated carbocycles. The molecule has 6 heteroatoms. The second-order valence-electron chi connectivity index (χ2n) is 7.91. The molecule has 30 heavy (non-hydrogen) atoms. The zero-order valence-electron chi connectivity index (χ0n) is 17.4. The minimum atomic E-state index is -0.0557. The van der Waals surface area contributed by atoms with Crippen LogP contribution in [-0.2, 0) is 17.8 Å². The Balaban J connectivity index is 1.65. The summed E-state index contributed by atoms with van der Waals surface area (Å²) in [6.07, 6.45) is 8.89. The van der Waals surface area contributed by atoms with Crippen LogP contribution in [0, 0.1) is 6.92 Å². The molecule has 0 spiro atoms. The molecular weight excluding hydrogens is 376 g/mol. The number of nitrogens with zero attached hydrogens (tertiary/aromatic N) is 4. The summed E-state index contributed by atoms with van der Waals surface area (Å²) in [4.78, 5) is 19.4. The van der Waals surface area contributed by atoms with E-state index in [9.17, 15) is 9.90 Å². The van der Waals surface area contributed by atoms with Gasteiger partial charge < -0.3 is 10.0 Å². The summed E-state index contributed by atoms with van der Waals surface area (Å²) in [7, 11) is 0. The fourth-order valence-electron chi connectivity index (χ4n) is 4.15. The van der Waals surface area contributed by atoms with E-state index in [1.165, 1.54) is 5.56 Å². The average Bonchev–Trinajstić information content (AvgIpc) is 3.20. The van der Waals surface area contributed by atoms with Gasteiger partial charge >= 0.3 is 0 Å². The van der Waals surface area contributed by atoms with Crippen molar-refractivity contribution in [2.75, 3.05) is 13.2 Å². The predicted molar refractivity (Wildman–Crippen MR) is 116 cm³/mol. The van der Waals surface area contributed by atoms with E-state index in [1.807, 2.05) is 35.4 Å². The van der Waals surface area contributed by atoms with Gasteiger partial charge in [0.1, 0.15) is 0 Å². The Morgan fingerprint density at radius 1 is 1.13 bits per heavy atom. The molecule has 1 saturated heterocycles. The molecular formula is C24H28N4O2. The predicted octanol–water partition coefficient (Wildman–Crippen LogP) is 3.54. The van der Waals surface area contributed by atoms with Gasteiger partial charge in [-0.3, -0.25) is 14.5 Å². The highest BCUT2D eigenvalue weighted by molar-refractivity contribution is 5.80. The summed E-state index contributed by atoms with van der Waals surface area (Å²) >= 11 is 0. The fourth-order valence-corrected chi connectivity index (χ4v) is 4.15. The summed E-state index contributed by atoms with van der Waals surface area (Å²) in [5.41, 5.74) is 5.17. The van der Waals surface area contributed by atoms with E-state index in [4.69, 9.17) is 5.10 Å². The summed E-state index contributed by atoms with van der Waals surface area (Å²) in [6.45, 7) is 3.26. The Hall–Kier alpha value is -2.99. The molecule has 0 radical (unpaired) electrons. The van der Waals surface area contributed by atoms with E-state index in [-0.39, 0.29) is 18.6 Å². The van der Waals surface area contributed by atoms with E-state index >= 15 is 0 Å². The van der Waals surface area contributed by atoms with Crippen molar-refractivity contribution in [1.82, 2.24) is 19.7 Å². The number of aromatic nitrogens is 3. The van der Waals surface area contributed by atoms with Gasteiger partial charge in [-0.25, -0.2) is 0 Å². The lowest BCUT2D eigenvalue weighted by atomic mass is 9.94. The Labute approximate surface area is 177 Å². The van der Waals surface area contributed by atoms with E-state index in [2.05, 4.69) is 24.0 Å². The van der Waals surface area contributed by atoms with Crippen molar-refractivity contribution in [2.45, 2.75) is 45.2 Å². The quantitative estimate of drug-likeness (QED) is 0.682. The van der Waals surface area contributed by atoms with E-state index in [0.29, 0.717) is 13.0 Å². The van der Waals surface area contributed by atoms with Crippen molar-refractivity contribution in [3.05, 3.63) is 71.8 Å². The number of hydrogen-bond acceptors (Lipinski definition) is 4. The Morgan fingerprint density at radius 2 is 1.90 bits per heavy atom. The van der Waals surface area contributed by atoms with Crippen molar-refractivity contribution in [1.29, 1.82) is 0 Å². The van der Waals surface area contributed by atoms with Crippen LogP contribution in [0.1, 0.15) is 42.1 Å². The topological polar surface area (TPSA) is 71.2 Å². The minimum Gasteiger partial charge on any atom is -0.394 e. The maximum absolute atomic E-state index is 13.3. The largest absolute Gasteiger partial charge is 0.394 e. The first-order valence-electron chi connectivity index (χ1n) is 10.6. The average molecular weight is 405 g/mol. The Kier molecular flexibility index (Phi) is 6.23. The van der Waals surface area contributed by atoms with Crippen LogP contribution >= 0.6 is 0 Å². The molecule has 0 bridgehead atoms. The van der Waals surface area contributed by atoms with Crippen LogP contribution in [0.2, 0.25) is 0 Å². The van der Waals surface area contributed by atoms with Crippen molar-refractivity contribution >= 4 is 5.91 Å². The molecule has 0 aliphatic carbocycles. The third-order valence-electron chi connectivity index (χ3n) is 5.73. The fraction of sp³-hybridized carbons (Fsp3) is 0.375. The summed E-state index contributed by atoms with van der Waals surface area (Å²) < 4.78 is 1.78. The number of aliphatic hydroxyl groups is 1. The van der Waals surface area contributed by atoms with Gasteiger partial charge in [0, 0.05) is 30.7 Å². The first-order chi connectivity index (χ1) is 14.7. The molecule has 1 fully saturated rings. The second-order valence-corrected chi connectivity index (χ2v) is 7.91. The number of hydrogen-bond donors (Lipinski definition) is 1. The van der Waals surface area contributed by atoms with Gasteiger partial charge in [-0.15, -0.1) is 0 Å². The van der Waals surface area contributed by atoms with Gasteiger partial charge in [0.25, 0.3) is 0 Å². The molecule has 1 N–H and O–H groups in total. The lowest BCUT2D eigenvalue weighted by Crippen LogP contribution is -2.39. The number of aryl methyl sites for hydroxylation is 1. The van der Waals surface area contributed by atoms with Crippen LogP contribution < -0.4 is 0 Å². The number of likely N-dealkylation sites (tertiary alicyclic amines) is 1. The summed E-state index contributed by atoms with van der Waals surface area (Å²) in [6, 6.07) is 12.0. The number of amides is 1. The van der Waals surface area contributed by atoms with Crippen LogP contribution in [0.15, 0.2) is 55.0 Å². The number of rotatable bonds is 6. The maximum atomic E-state index is 13.3. The normalized spacial score (nSPS) is 16.6. The zero-order chi connectivity index (χ0) is 20.9. The first kappa shape index (κ1) is 20.3. The smallest absolute Gasteiger partial charge is 0.227 e. The Bertz CT molecular complexity index is 982. The van der Waals surface area contributed by atoms with E-state index < -0.39 is 0 Å². The van der Waals surface area contributed by atoms with E-state index in [0.717, 1.165) is 48.2 Å². The molecule has 3 heterocycles. The van der Waals surface area contributed by atoms with Crippen LogP contribution in [0.25, 0.3) is 11.1 Å². The lowest BCUT2D eigenvalue weighted by Gasteiger charge is -2.35. The number of benzene rings is 1. The molecule has 4 rings (SSSR count). The number of piperidine rings is 1. The van der Waals surface area contributed by atoms with Crippen molar-refractivity contribution in [2.24, 2.45) is 0 Å². The monoisotopic (exact) mass is 404 g/mol. The van der Waals surface area contributed by atoms with E-state index in [1.54, 1.807) is 17.1 Å². The SMILES string of the molecule is Cc1ccc(CC(=O)N2CCCC[C@H]2c2nn(CCO)cc2-c2ccncc2)cc1. The Morgan fingerprint density at radius 3 is 2.63 bits per heavy atom. The molecule has 1 aliphatic heterocycles. The first-order valence-corrected chi connectivity index (χ1v) is 10.6. The summed E-state index contributed by atoms with van der Waals surface area (Å²) in [5.74, 6) is 0.140. The molecule has 2 aromatic heterocycles. The number of pyridine rings is 1. The molecule has 0 unspecified atom stereocenters. The van der Waals surface area contributed by atoms with Crippen molar-refractivity contribution < 1.29 is 9.90 Å². The molecule has 1 amide bonds. The lowest BCUT2D eigenvalue weighted by molar-refractivity contribution is -0.134. The van der Waals surface area contributed by atoms with Gasteiger partial charge in [-0.2, -0.15) is 5.10 Å². The number of carbonyl (C=O) groups excluding carboxylic acids is 1. The molecule has 1 atom stereocenters. The van der Waals surface area contributed by atoms with Crippen molar-refractivity contribution in [3.63, 3.8) is 0 Å².